The van der Waals surface area contributed by atoms with Crippen LogP contribution >= 0.6 is 0 Å². The molecule has 0 radical (unpaired) electrons. The number of carbonyl (C=O) groups excluding carboxylic acids is 2. The number of aryl methyl sites for hydroxylation is 2. The Morgan fingerprint density at radius 2 is 1.41 bits per heavy atom. The second-order valence-corrected chi connectivity index (χ2v) is 6.31. The first-order valence-electron chi connectivity index (χ1n) is 8.48. The average molecular weight is 362 g/mol. The predicted molar refractivity (Wildman–Crippen MR) is 105 cm³/mol. The molecule has 136 valence electrons. The van der Waals surface area contributed by atoms with Crippen LogP contribution in [0.2, 0.25) is 0 Å². The maximum Gasteiger partial charge on any atom is 0.255 e. The molecule has 3 aromatic carbocycles. The van der Waals surface area contributed by atoms with Crippen molar-refractivity contribution in [3.63, 3.8) is 0 Å². The van der Waals surface area contributed by atoms with Gasteiger partial charge in [0.25, 0.3) is 11.8 Å². The first-order chi connectivity index (χ1) is 12.9. The van der Waals surface area contributed by atoms with E-state index in [9.17, 15) is 14.0 Å². The molecule has 0 saturated carbocycles. The fourth-order valence-corrected chi connectivity index (χ4v) is 2.69. The highest BCUT2D eigenvalue weighted by molar-refractivity contribution is 6.08. The molecule has 2 N–H and O–H groups in total. The zero-order chi connectivity index (χ0) is 19.4. The largest absolute Gasteiger partial charge is 0.322 e. The van der Waals surface area contributed by atoms with Crippen LogP contribution in [0.4, 0.5) is 15.8 Å². The number of amides is 2. The van der Waals surface area contributed by atoms with Gasteiger partial charge in [0, 0.05) is 22.5 Å². The van der Waals surface area contributed by atoms with E-state index in [1.54, 1.807) is 18.2 Å². The van der Waals surface area contributed by atoms with E-state index >= 15 is 0 Å². The molecule has 0 bridgehead atoms. The number of nitrogens with one attached hydrogen (secondary N) is 2. The van der Waals surface area contributed by atoms with Gasteiger partial charge >= 0.3 is 0 Å². The van der Waals surface area contributed by atoms with Crippen LogP contribution in [0.3, 0.4) is 0 Å². The number of hydrogen-bond acceptors (Lipinski definition) is 2. The lowest BCUT2D eigenvalue weighted by molar-refractivity contribution is 0.102. The number of carbonyl (C=O) groups is 2. The third-order valence-corrected chi connectivity index (χ3v) is 4.12. The lowest BCUT2D eigenvalue weighted by Gasteiger charge is -2.10. The molecule has 3 rings (SSSR count). The lowest BCUT2D eigenvalue weighted by atomic mass is 10.1. The Labute approximate surface area is 157 Å². The summed E-state index contributed by atoms with van der Waals surface area (Å²) in [6.07, 6.45) is 0. The van der Waals surface area contributed by atoms with E-state index in [-0.39, 0.29) is 17.6 Å². The highest BCUT2D eigenvalue weighted by Gasteiger charge is 2.12. The summed E-state index contributed by atoms with van der Waals surface area (Å²) in [7, 11) is 0. The fraction of sp³-hybridized carbons (Fsp3) is 0.0909. The molecule has 3 aromatic rings. The summed E-state index contributed by atoms with van der Waals surface area (Å²) in [5, 5.41) is 5.54. The number of anilines is 2. The van der Waals surface area contributed by atoms with Gasteiger partial charge < -0.3 is 10.6 Å². The zero-order valence-electron chi connectivity index (χ0n) is 15.0. The lowest BCUT2D eigenvalue weighted by Crippen LogP contribution is -2.16. The Bertz CT molecular complexity index is 997. The SMILES string of the molecule is Cc1ccc(NC(=O)c2cccc(C(=O)Nc3ccc(F)cc3)c2)c(C)c1. The van der Waals surface area contributed by atoms with Crippen molar-refractivity contribution in [1.29, 1.82) is 0 Å². The standard InChI is InChI=1S/C22H19FN2O2/c1-14-6-11-20(15(2)12-14)25-22(27)17-5-3-4-16(13-17)21(26)24-19-9-7-18(23)8-10-19/h3-13H,1-2H3,(H,24,26)(H,25,27). The minimum absolute atomic E-state index is 0.293. The molecule has 0 heterocycles. The van der Waals surface area contributed by atoms with Crippen molar-refractivity contribution in [3.8, 4) is 0 Å². The average Bonchev–Trinajstić information content (AvgIpc) is 2.66. The monoisotopic (exact) mass is 362 g/mol. The number of rotatable bonds is 4. The molecular weight excluding hydrogens is 343 g/mol. The van der Waals surface area contributed by atoms with Crippen molar-refractivity contribution in [2.75, 3.05) is 10.6 Å². The van der Waals surface area contributed by atoms with Crippen molar-refractivity contribution >= 4 is 23.2 Å². The van der Waals surface area contributed by atoms with E-state index in [1.165, 1.54) is 30.3 Å². The zero-order valence-corrected chi connectivity index (χ0v) is 15.0. The maximum absolute atomic E-state index is 13.0. The van der Waals surface area contributed by atoms with Crippen LogP contribution in [0.15, 0.2) is 66.7 Å². The van der Waals surface area contributed by atoms with Crippen molar-refractivity contribution < 1.29 is 14.0 Å². The highest BCUT2D eigenvalue weighted by atomic mass is 19.1. The van der Waals surface area contributed by atoms with Gasteiger partial charge in [-0.3, -0.25) is 9.59 Å². The molecule has 0 fully saturated rings. The molecule has 5 heteroatoms. The van der Waals surface area contributed by atoms with Gasteiger partial charge in [-0.05, 0) is 67.9 Å². The van der Waals surface area contributed by atoms with Crippen LogP contribution in [-0.4, -0.2) is 11.8 Å². The van der Waals surface area contributed by atoms with Gasteiger partial charge in [0.15, 0.2) is 0 Å². The smallest absolute Gasteiger partial charge is 0.255 e. The van der Waals surface area contributed by atoms with E-state index in [1.807, 2.05) is 32.0 Å². The molecular formula is C22H19FN2O2. The van der Waals surface area contributed by atoms with Crippen LogP contribution in [0, 0.1) is 19.7 Å². The van der Waals surface area contributed by atoms with E-state index < -0.39 is 0 Å². The third-order valence-electron chi connectivity index (χ3n) is 4.12. The van der Waals surface area contributed by atoms with Gasteiger partial charge in [0.05, 0.1) is 0 Å². The second-order valence-electron chi connectivity index (χ2n) is 6.31. The minimum Gasteiger partial charge on any atom is -0.322 e. The normalized spacial score (nSPS) is 10.3. The Balaban J connectivity index is 1.75. The molecule has 0 aliphatic heterocycles. The highest BCUT2D eigenvalue weighted by Crippen LogP contribution is 2.18. The minimum atomic E-state index is -0.377. The van der Waals surface area contributed by atoms with E-state index in [4.69, 9.17) is 0 Å². The van der Waals surface area contributed by atoms with Gasteiger partial charge in [-0.2, -0.15) is 0 Å². The Hall–Kier alpha value is -3.47. The van der Waals surface area contributed by atoms with Crippen molar-refractivity contribution in [2.24, 2.45) is 0 Å². The van der Waals surface area contributed by atoms with Crippen LogP contribution in [-0.2, 0) is 0 Å². The summed E-state index contributed by atoms with van der Waals surface area (Å²) in [5.41, 5.74) is 4.01. The van der Waals surface area contributed by atoms with Crippen LogP contribution in [0.25, 0.3) is 0 Å². The molecule has 0 spiro atoms. The number of hydrogen-bond donors (Lipinski definition) is 2. The third kappa shape index (κ3) is 4.58. The summed E-state index contributed by atoms with van der Waals surface area (Å²) in [6, 6.07) is 17.7. The predicted octanol–water partition coefficient (Wildman–Crippen LogP) is 4.95. The molecule has 0 aliphatic rings. The maximum atomic E-state index is 13.0. The number of halogens is 1. The van der Waals surface area contributed by atoms with Gasteiger partial charge in [-0.1, -0.05) is 23.8 Å². The van der Waals surface area contributed by atoms with Gasteiger partial charge in [0.2, 0.25) is 0 Å². The number of benzene rings is 3. The molecule has 0 aliphatic carbocycles. The second kappa shape index (κ2) is 7.83. The quantitative estimate of drug-likeness (QED) is 0.690. The van der Waals surface area contributed by atoms with Crippen LogP contribution in [0.1, 0.15) is 31.8 Å². The Morgan fingerprint density at radius 3 is 2.04 bits per heavy atom. The van der Waals surface area contributed by atoms with E-state index in [0.717, 1.165) is 16.8 Å². The Kier molecular flexibility index (Phi) is 5.31. The van der Waals surface area contributed by atoms with Crippen molar-refractivity contribution in [1.82, 2.24) is 0 Å². The Morgan fingerprint density at radius 1 is 0.778 bits per heavy atom. The molecule has 4 nitrogen and oxygen atoms in total. The summed E-state index contributed by atoms with van der Waals surface area (Å²) >= 11 is 0. The summed E-state index contributed by atoms with van der Waals surface area (Å²) in [6.45, 7) is 3.91. The summed E-state index contributed by atoms with van der Waals surface area (Å²) in [4.78, 5) is 24.9. The van der Waals surface area contributed by atoms with Gasteiger partial charge in [-0.15, -0.1) is 0 Å². The van der Waals surface area contributed by atoms with Crippen LogP contribution in [0.5, 0.6) is 0 Å². The molecule has 0 unspecified atom stereocenters. The van der Waals surface area contributed by atoms with Gasteiger partial charge in [-0.25, -0.2) is 4.39 Å². The van der Waals surface area contributed by atoms with E-state index in [2.05, 4.69) is 10.6 Å². The van der Waals surface area contributed by atoms with Crippen molar-refractivity contribution in [2.45, 2.75) is 13.8 Å². The van der Waals surface area contributed by atoms with Gasteiger partial charge in [0.1, 0.15) is 5.82 Å². The van der Waals surface area contributed by atoms with E-state index in [0.29, 0.717) is 16.8 Å². The first kappa shape index (κ1) is 18.3. The summed E-state index contributed by atoms with van der Waals surface area (Å²) in [5.74, 6) is -1.04. The van der Waals surface area contributed by atoms with Crippen LogP contribution < -0.4 is 10.6 Å². The fourth-order valence-electron chi connectivity index (χ4n) is 2.69. The molecule has 0 atom stereocenters. The summed E-state index contributed by atoms with van der Waals surface area (Å²) < 4.78 is 13.0. The molecule has 0 saturated heterocycles. The molecule has 0 aromatic heterocycles. The molecule has 27 heavy (non-hydrogen) atoms. The first-order valence-corrected chi connectivity index (χ1v) is 8.48. The van der Waals surface area contributed by atoms with Crippen molar-refractivity contribution in [3.05, 3.63) is 94.8 Å². The molecule has 2 amide bonds. The topological polar surface area (TPSA) is 58.2 Å².